The van der Waals surface area contributed by atoms with Gasteiger partial charge in [0, 0.05) is 16.8 Å². The molecule has 0 bridgehead atoms. The van der Waals surface area contributed by atoms with E-state index in [2.05, 4.69) is 17.2 Å². The standard InChI is InChI=1S/C19H18N2O3/c1-14(22)17-12-15(9-10-18(17)20)8-5-11-21-19(23)24-13-16-6-3-2-4-7-16/h2-4,6-7,9-10,12H,11,13,20H2,1H3,(H,21,23). The van der Waals surface area contributed by atoms with Gasteiger partial charge in [-0.05, 0) is 30.7 Å². The number of nitrogens with one attached hydrogen (secondary N) is 1. The third-order valence-corrected chi connectivity index (χ3v) is 3.20. The highest BCUT2D eigenvalue weighted by Crippen LogP contribution is 2.14. The van der Waals surface area contributed by atoms with Gasteiger partial charge < -0.3 is 15.8 Å². The molecule has 0 spiro atoms. The summed E-state index contributed by atoms with van der Waals surface area (Å²) in [5.41, 5.74) is 8.17. The monoisotopic (exact) mass is 322 g/mol. The van der Waals surface area contributed by atoms with Gasteiger partial charge in [0.05, 0.1) is 6.54 Å². The Bertz CT molecular complexity index is 789. The molecule has 0 fully saturated rings. The van der Waals surface area contributed by atoms with Crippen LogP contribution in [0.4, 0.5) is 10.5 Å². The van der Waals surface area contributed by atoms with Gasteiger partial charge in [0.1, 0.15) is 6.61 Å². The zero-order valence-electron chi connectivity index (χ0n) is 13.3. The number of nitrogen functional groups attached to an aromatic ring is 1. The van der Waals surface area contributed by atoms with E-state index in [-0.39, 0.29) is 18.9 Å². The minimum Gasteiger partial charge on any atom is -0.445 e. The number of Topliss-reactive ketones (excluding diaryl/α,β-unsaturated/α-hetero) is 1. The molecule has 24 heavy (non-hydrogen) atoms. The number of carbonyl (C=O) groups excluding carboxylic acids is 2. The Kier molecular flexibility index (Phi) is 5.98. The number of rotatable bonds is 4. The molecule has 0 heterocycles. The molecule has 0 atom stereocenters. The predicted molar refractivity (Wildman–Crippen MR) is 92.4 cm³/mol. The molecule has 2 aromatic rings. The van der Waals surface area contributed by atoms with E-state index in [0.29, 0.717) is 16.8 Å². The molecular weight excluding hydrogens is 304 g/mol. The Balaban J connectivity index is 1.82. The van der Waals surface area contributed by atoms with Crippen molar-refractivity contribution in [1.82, 2.24) is 5.32 Å². The molecule has 5 nitrogen and oxygen atoms in total. The van der Waals surface area contributed by atoms with Crippen LogP contribution in [0.15, 0.2) is 48.5 Å². The van der Waals surface area contributed by atoms with Crippen molar-refractivity contribution >= 4 is 17.6 Å². The summed E-state index contributed by atoms with van der Waals surface area (Å²) >= 11 is 0. The first kappa shape index (κ1) is 17.1. The number of alkyl carbamates (subject to hydrolysis) is 1. The zero-order valence-corrected chi connectivity index (χ0v) is 13.3. The summed E-state index contributed by atoms with van der Waals surface area (Å²) in [4.78, 5) is 23.0. The summed E-state index contributed by atoms with van der Waals surface area (Å²) in [6.45, 7) is 1.81. The van der Waals surface area contributed by atoms with E-state index in [9.17, 15) is 9.59 Å². The van der Waals surface area contributed by atoms with Gasteiger partial charge in [-0.3, -0.25) is 4.79 Å². The van der Waals surface area contributed by atoms with E-state index < -0.39 is 6.09 Å². The van der Waals surface area contributed by atoms with Crippen molar-refractivity contribution in [2.45, 2.75) is 13.5 Å². The fraction of sp³-hybridized carbons (Fsp3) is 0.158. The molecule has 0 aliphatic heterocycles. The van der Waals surface area contributed by atoms with E-state index >= 15 is 0 Å². The van der Waals surface area contributed by atoms with E-state index in [1.54, 1.807) is 18.2 Å². The molecule has 2 rings (SSSR count). The first-order valence-electron chi connectivity index (χ1n) is 7.40. The normalized spacial score (nSPS) is 9.54. The number of amides is 1. The number of ether oxygens (including phenoxy) is 1. The number of ketones is 1. The molecule has 2 aromatic carbocycles. The van der Waals surface area contributed by atoms with Crippen LogP contribution in [-0.2, 0) is 11.3 Å². The minimum atomic E-state index is -0.533. The first-order valence-corrected chi connectivity index (χ1v) is 7.40. The number of carbonyl (C=O) groups is 2. The highest BCUT2D eigenvalue weighted by atomic mass is 16.5. The van der Waals surface area contributed by atoms with Crippen LogP contribution < -0.4 is 11.1 Å². The highest BCUT2D eigenvalue weighted by Gasteiger charge is 2.04. The fourth-order valence-electron chi connectivity index (χ4n) is 1.98. The summed E-state index contributed by atoms with van der Waals surface area (Å²) in [5.74, 6) is 5.56. The van der Waals surface area contributed by atoms with Crippen molar-refractivity contribution in [3.05, 3.63) is 65.2 Å². The van der Waals surface area contributed by atoms with Gasteiger partial charge in [-0.1, -0.05) is 42.2 Å². The lowest BCUT2D eigenvalue weighted by atomic mass is 10.1. The van der Waals surface area contributed by atoms with Gasteiger partial charge in [-0.2, -0.15) is 0 Å². The van der Waals surface area contributed by atoms with Crippen molar-refractivity contribution in [3.63, 3.8) is 0 Å². The van der Waals surface area contributed by atoms with Crippen molar-refractivity contribution in [2.75, 3.05) is 12.3 Å². The van der Waals surface area contributed by atoms with Crippen molar-refractivity contribution in [2.24, 2.45) is 0 Å². The Labute approximate surface area is 140 Å². The summed E-state index contributed by atoms with van der Waals surface area (Å²) in [7, 11) is 0. The maximum atomic E-state index is 11.6. The average molecular weight is 322 g/mol. The highest BCUT2D eigenvalue weighted by molar-refractivity contribution is 5.99. The summed E-state index contributed by atoms with van der Waals surface area (Å²) in [6.07, 6.45) is -0.533. The molecule has 3 N–H and O–H groups in total. The lowest BCUT2D eigenvalue weighted by Gasteiger charge is -2.04. The van der Waals surface area contributed by atoms with Crippen LogP contribution >= 0.6 is 0 Å². The number of benzene rings is 2. The van der Waals surface area contributed by atoms with Crippen molar-refractivity contribution in [3.8, 4) is 11.8 Å². The lowest BCUT2D eigenvalue weighted by molar-refractivity contribution is 0.101. The summed E-state index contributed by atoms with van der Waals surface area (Å²) < 4.78 is 5.07. The average Bonchev–Trinajstić information content (AvgIpc) is 2.59. The Hall–Kier alpha value is -3.26. The maximum Gasteiger partial charge on any atom is 0.408 e. The third-order valence-electron chi connectivity index (χ3n) is 3.20. The van der Waals surface area contributed by atoms with Crippen molar-refractivity contribution in [1.29, 1.82) is 0 Å². The fourth-order valence-corrected chi connectivity index (χ4v) is 1.98. The molecule has 0 aliphatic carbocycles. The van der Waals surface area contributed by atoms with Crippen LogP contribution in [0, 0.1) is 11.8 Å². The number of hydrogen-bond donors (Lipinski definition) is 2. The van der Waals surface area contributed by atoms with Gasteiger partial charge >= 0.3 is 6.09 Å². The van der Waals surface area contributed by atoms with Crippen LogP contribution in [0.2, 0.25) is 0 Å². The van der Waals surface area contributed by atoms with Gasteiger partial charge in [-0.25, -0.2) is 4.79 Å². The maximum absolute atomic E-state index is 11.6. The van der Waals surface area contributed by atoms with E-state index in [1.165, 1.54) is 6.92 Å². The Morgan fingerprint density at radius 3 is 2.62 bits per heavy atom. The number of hydrogen-bond acceptors (Lipinski definition) is 4. The van der Waals surface area contributed by atoms with E-state index in [1.807, 2.05) is 30.3 Å². The molecule has 0 aromatic heterocycles. The van der Waals surface area contributed by atoms with Crippen LogP contribution in [0.5, 0.6) is 0 Å². The second-order valence-electron chi connectivity index (χ2n) is 5.08. The minimum absolute atomic E-state index is 0.112. The molecule has 1 amide bonds. The Morgan fingerprint density at radius 2 is 1.92 bits per heavy atom. The third kappa shape index (κ3) is 5.18. The van der Waals surface area contributed by atoms with Crippen LogP contribution in [0.25, 0.3) is 0 Å². The molecule has 0 unspecified atom stereocenters. The van der Waals surface area contributed by atoms with Crippen LogP contribution in [-0.4, -0.2) is 18.4 Å². The second kappa shape index (κ2) is 8.39. The first-order chi connectivity index (χ1) is 11.6. The largest absolute Gasteiger partial charge is 0.445 e. The smallest absolute Gasteiger partial charge is 0.408 e. The molecule has 5 heteroatoms. The number of anilines is 1. The molecule has 0 aliphatic rings. The van der Waals surface area contributed by atoms with Crippen LogP contribution in [0.3, 0.4) is 0 Å². The molecule has 0 saturated heterocycles. The van der Waals surface area contributed by atoms with E-state index in [4.69, 9.17) is 10.5 Å². The molecule has 0 radical (unpaired) electrons. The predicted octanol–water partition coefficient (Wildman–Crippen LogP) is 2.75. The topological polar surface area (TPSA) is 81.4 Å². The SMILES string of the molecule is CC(=O)c1cc(C#CCNC(=O)OCc2ccccc2)ccc1N. The van der Waals surface area contributed by atoms with Gasteiger partial charge in [0.25, 0.3) is 0 Å². The van der Waals surface area contributed by atoms with Gasteiger partial charge in [-0.15, -0.1) is 0 Å². The van der Waals surface area contributed by atoms with Gasteiger partial charge in [0.2, 0.25) is 0 Å². The van der Waals surface area contributed by atoms with Crippen molar-refractivity contribution < 1.29 is 14.3 Å². The molecule has 122 valence electrons. The molecular formula is C19H18N2O3. The summed E-state index contributed by atoms with van der Waals surface area (Å²) in [6, 6.07) is 14.4. The molecule has 0 saturated carbocycles. The van der Waals surface area contributed by atoms with Gasteiger partial charge in [0.15, 0.2) is 5.78 Å². The second-order valence-corrected chi connectivity index (χ2v) is 5.08. The quantitative estimate of drug-likeness (QED) is 0.515. The Morgan fingerprint density at radius 1 is 1.17 bits per heavy atom. The zero-order chi connectivity index (χ0) is 17.4. The van der Waals surface area contributed by atoms with Crippen LogP contribution in [0.1, 0.15) is 28.4 Å². The summed E-state index contributed by atoms with van der Waals surface area (Å²) in [5, 5.41) is 2.55. The number of nitrogens with two attached hydrogens (primary N) is 1. The lowest BCUT2D eigenvalue weighted by Crippen LogP contribution is -2.24. The van der Waals surface area contributed by atoms with E-state index in [0.717, 1.165) is 5.56 Å².